The standard InChI is InChI=1S/C32H50O4/c1-20(33)36-25-12-13-29(5)23-10-9-21-22-19-27(2,3)15-16-28(22,4)17-18-30(21,6)31(23,7)14-11-24(29)32(25,8)26(34)35/h9,22-25H,10-19H2,1-8H3,(H,34,35)/t22-,23?,24+,25+,28+,29+,30+,31+,32+/m0/s1. The van der Waals surface area contributed by atoms with Gasteiger partial charge in [-0.3, -0.25) is 9.59 Å². The number of carboxylic acids is 1. The molecule has 4 fully saturated rings. The fourth-order valence-corrected chi connectivity index (χ4v) is 10.9. The van der Waals surface area contributed by atoms with Gasteiger partial charge in [0, 0.05) is 6.92 Å². The lowest BCUT2D eigenvalue weighted by Gasteiger charge is -2.71. The highest BCUT2D eigenvalue weighted by Gasteiger charge is 2.70. The van der Waals surface area contributed by atoms with Crippen LogP contribution in [0, 0.1) is 50.2 Å². The summed E-state index contributed by atoms with van der Waals surface area (Å²) in [6.45, 7) is 18.3. The van der Waals surface area contributed by atoms with E-state index in [0.717, 1.165) is 25.7 Å². The maximum absolute atomic E-state index is 12.8. The van der Waals surface area contributed by atoms with E-state index >= 15 is 0 Å². The van der Waals surface area contributed by atoms with Crippen LogP contribution in [0.5, 0.6) is 0 Å². The minimum atomic E-state index is -1.04. The van der Waals surface area contributed by atoms with E-state index in [-0.39, 0.29) is 28.1 Å². The van der Waals surface area contributed by atoms with Gasteiger partial charge in [-0.15, -0.1) is 0 Å². The maximum atomic E-state index is 12.8. The molecule has 0 spiro atoms. The van der Waals surface area contributed by atoms with Crippen LogP contribution in [0.15, 0.2) is 11.6 Å². The van der Waals surface area contributed by atoms with Crippen molar-refractivity contribution in [2.75, 3.05) is 0 Å². The Labute approximate surface area is 219 Å². The van der Waals surface area contributed by atoms with Gasteiger partial charge in [0.15, 0.2) is 0 Å². The molecule has 0 bridgehead atoms. The molecule has 5 aliphatic carbocycles. The lowest BCUT2D eigenvalue weighted by atomic mass is 9.33. The van der Waals surface area contributed by atoms with E-state index in [9.17, 15) is 14.7 Å². The third kappa shape index (κ3) is 3.30. The first-order valence-corrected chi connectivity index (χ1v) is 14.6. The first kappa shape index (κ1) is 26.3. The van der Waals surface area contributed by atoms with Crippen LogP contribution in [-0.2, 0) is 14.3 Å². The SMILES string of the molecule is CC(=O)O[C@@H]1CC[C@]2(C)C3CC=C4[C@@H]5CC(C)(C)CC[C@]5(C)CC[C@@]4(C)[C@]3(C)CC[C@H]2[C@@]1(C)C(=O)O. The summed E-state index contributed by atoms with van der Waals surface area (Å²) in [5.74, 6) is -0.0260. The van der Waals surface area contributed by atoms with E-state index in [0.29, 0.717) is 29.1 Å². The van der Waals surface area contributed by atoms with E-state index in [2.05, 4.69) is 47.6 Å². The van der Waals surface area contributed by atoms with E-state index < -0.39 is 17.5 Å². The molecule has 0 aromatic heterocycles. The van der Waals surface area contributed by atoms with Gasteiger partial charge in [-0.1, -0.05) is 53.2 Å². The minimum absolute atomic E-state index is 0.0136. The Kier molecular flexibility index (Phi) is 5.74. The number of rotatable bonds is 2. The second-order valence-corrected chi connectivity index (χ2v) is 15.6. The van der Waals surface area contributed by atoms with Crippen LogP contribution >= 0.6 is 0 Å². The number of hydrogen-bond donors (Lipinski definition) is 1. The second kappa shape index (κ2) is 7.85. The van der Waals surface area contributed by atoms with Crippen LogP contribution in [0.2, 0.25) is 0 Å². The molecule has 0 aliphatic heterocycles. The topological polar surface area (TPSA) is 63.6 Å². The molecule has 5 rings (SSSR count). The van der Waals surface area contributed by atoms with Gasteiger partial charge in [0.2, 0.25) is 0 Å². The Morgan fingerprint density at radius 3 is 2.19 bits per heavy atom. The zero-order valence-electron chi connectivity index (χ0n) is 24.1. The normalized spacial score (nSPS) is 51.5. The zero-order valence-corrected chi connectivity index (χ0v) is 24.1. The summed E-state index contributed by atoms with van der Waals surface area (Å²) in [5.41, 5.74) is 1.81. The molecule has 4 nitrogen and oxygen atoms in total. The van der Waals surface area contributed by atoms with Gasteiger partial charge in [-0.25, -0.2) is 0 Å². The number of carbonyl (C=O) groups excluding carboxylic acids is 1. The number of ether oxygens (including phenoxy) is 1. The van der Waals surface area contributed by atoms with Crippen molar-refractivity contribution in [1.82, 2.24) is 0 Å². The molecule has 1 unspecified atom stereocenters. The number of carboxylic acid groups (broad SMARTS) is 1. The van der Waals surface area contributed by atoms with Crippen LogP contribution < -0.4 is 0 Å². The lowest BCUT2D eigenvalue weighted by Crippen LogP contribution is -2.66. The van der Waals surface area contributed by atoms with E-state index in [1.807, 2.05) is 6.92 Å². The summed E-state index contributed by atoms with van der Waals surface area (Å²) >= 11 is 0. The smallest absolute Gasteiger partial charge is 0.313 e. The number of fused-ring (bicyclic) bond motifs is 7. The largest absolute Gasteiger partial charge is 0.481 e. The fraction of sp³-hybridized carbons (Fsp3) is 0.875. The molecule has 4 saturated carbocycles. The molecule has 202 valence electrons. The molecule has 1 N–H and O–H groups in total. The highest BCUT2D eigenvalue weighted by Crippen LogP contribution is 2.75. The van der Waals surface area contributed by atoms with Crippen molar-refractivity contribution in [2.45, 2.75) is 126 Å². The van der Waals surface area contributed by atoms with Crippen molar-refractivity contribution in [1.29, 1.82) is 0 Å². The van der Waals surface area contributed by atoms with E-state index in [1.165, 1.54) is 39.0 Å². The molecule has 0 saturated heterocycles. The molecule has 0 amide bonds. The van der Waals surface area contributed by atoms with Crippen LogP contribution in [0.1, 0.15) is 120 Å². The van der Waals surface area contributed by atoms with Gasteiger partial charge in [-0.2, -0.15) is 0 Å². The van der Waals surface area contributed by atoms with Crippen molar-refractivity contribution < 1.29 is 19.4 Å². The first-order valence-electron chi connectivity index (χ1n) is 14.6. The number of esters is 1. The van der Waals surface area contributed by atoms with Crippen molar-refractivity contribution in [3.63, 3.8) is 0 Å². The lowest BCUT2D eigenvalue weighted by molar-refractivity contribution is -0.222. The van der Waals surface area contributed by atoms with Crippen LogP contribution in [0.3, 0.4) is 0 Å². The molecule has 0 aromatic rings. The van der Waals surface area contributed by atoms with Crippen molar-refractivity contribution in [2.24, 2.45) is 50.2 Å². The first-order chi connectivity index (χ1) is 16.5. The maximum Gasteiger partial charge on any atom is 0.313 e. The van der Waals surface area contributed by atoms with Gasteiger partial charge in [0.25, 0.3) is 0 Å². The zero-order chi connectivity index (χ0) is 26.5. The van der Waals surface area contributed by atoms with E-state index in [1.54, 1.807) is 5.57 Å². The molecule has 0 heterocycles. The minimum Gasteiger partial charge on any atom is -0.481 e. The second-order valence-electron chi connectivity index (χ2n) is 15.6. The Morgan fingerprint density at radius 1 is 0.889 bits per heavy atom. The number of aliphatic carboxylic acids is 1. The van der Waals surface area contributed by atoms with Crippen molar-refractivity contribution in [3.05, 3.63) is 11.6 Å². The Balaban J connectivity index is 1.56. The van der Waals surface area contributed by atoms with Gasteiger partial charge >= 0.3 is 11.9 Å². The van der Waals surface area contributed by atoms with Crippen molar-refractivity contribution in [3.8, 4) is 0 Å². The number of hydrogen-bond acceptors (Lipinski definition) is 3. The number of allylic oxidation sites excluding steroid dienone is 2. The van der Waals surface area contributed by atoms with Gasteiger partial charge in [-0.05, 0) is 116 Å². The highest BCUT2D eigenvalue weighted by molar-refractivity contribution is 5.77. The summed E-state index contributed by atoms with van der Waals surface area (Å²) < 4.78 is 5.69. The molecule has 4 heteroatoms. The predicted octanol–water partition coefficient (Wildman–Crippen LogP) is 7.80. The van der Waals surface area contributed by atoms with Crippen LogP contribution in [0.25, 0.3) is 0 Å². The van der Waals surface area contributed by atoms with Gasteiger partial charge in [0.1, 0.15) is 11.5 Å². The van der Waals surface area contributed by atoms with Gasteiger partial charge in [0.05, 0.1) is 0 Å². The summed E-state index contributed by atoms with van der Waals surface area (Å²) in [6, 6.07) is 0. The molecule has 36 heavy (non-hydrogen) atoms. The van der Waals surface area contributed by atoms with E-state index in [4.69, 9.17) is 4.74 Å². The third-order valence-electron chi connectivity index (χ3n) is 13.4. The molecular weight excluding hydrogens is 448 g/mol. The van der Waals surface area contributed by atoms with Crippen molar-refractivity contribution >= 4 is 11.9 Å². The fourth-order valence-electron chi connectivity index (χ4n) is 10.9. The molecule has 0 radical (unpaired) electrons. The predicted molar refractivity (Wildman–Crippen MR) is 142 cm³/mol. The monoisotopic (exact) mass is 498 g/mol. The molecular formula is C32H50O4. The Morgan fingerprint density at radius 2 is 1.56 bits per heavy atom. The third-order valence-corrected chi connectivity index (χ3v) is 13.4. The Bertz CT molecular complexity index is 996. The summed E-state index contributed by atoms with van der Waals surface area (Å²) in [4.78, 5) is 24.8. The van der Waals surface area contributed by atoms with Crippen LogP contribution in [-0.4, -0.2) is 23.1 Å². The average molecular weight is 499 g/mol. The molecule has 0 aromatic carbocycles. The summed E-state index contributed by atoms with van der Waals surface area (Å²) in [6.07, 6.45) is 13.3. The Hall–Kier alpha value is -1.32. The summed E-state index contributed by atoms with van der Waals surface area (Å²) in [5, 5.41) is 10.5. The van der Waals surface area contributed by atoms with Gasteiger partial charge < -0.3 is 9.84 Å². The number of carbonyl (C=O) groups is 2. The summed E-state index contributed by atoms with van der Waals surface area (Å²) in [7, 11) is 0. The molecule has 9 atom stereocenters. The quantitative estimate of drug-likeness (QED) is 0.311. The molecule has 5 aliphatic rings. The average Bonchev–Trinajstić information content (AvgIpc) is 2.77. The highest BCUT2D eigenvalue weighted by atomic mass is 16.5. The van der Waals surface area contributed by atoms with Crippen LogP contribution in [0.4, 0.5) is 0 Å².